The Balaban J connectivity index is 1.82. The number of nitrogens with one attached hydrogen (secondary N) is 2. The molecule has 0 aromatic carbocycles. The van der Waals surface area contributed by atoms with E-state index >= 15 is 0 Å². The summed E-state index contributed by atoms with van der Waals surface area (Å²) in [6.45, 7) is 3.53. The first kappa shape index (κ1) is 11.8. The van der Waals surface area contributed by atoms with E-state index in [2.05, 4.69) is 20.5 Å². The molecule has 0 unspecified atom stereocenters. The predicted molar refractivity (Wildman–Crippen MR) is 60.1 cm³/mol. The number of H-pyrrole nitrogens is 1. The van der Waals surface area contributed by atoms with Crippen molar-refractivity contribution in [3.63, 3.8) is 0 Å². The molecular formula is C10H17N5O2. The smallest absolute Gasteiger partial charge is 0.317 e. The van der Waals surface area contributed by atoms with Crippen LogP contribution in [0.5, 0.6) is 0 Å². The van der Waals surface area contributed by atoms with Gasteiger partial charge in [0.2, 0.25) is 0 Å². The zero-order valence-corrected chi connectivity index (χ0v) is 9.81. The SMILES string of the molecule is C[C@@H](O)c1n[nH]c(CNC(=O)N2CCCC2)n1. The van der Waals surface area contributed by atoms with Crippen molar-refractivity contribution in [1.29, 1.82) is 0 Å². The minimum absolute atomic E-state index is 0.0718. The molecule has 1 saturated heterocycles. The van der Waals surface area contributed by atoms with Crippen LogP contribution < -0.4 is 5.32 Å². The van der Waals surface area contributed by atoms with Crippen LogP contribution in [0.3, 0.4) is 0 Å². The van der Waals surface area contributed by atoms with Gasteiger partial charge in [-0.1, -0.05) is 0 Å². The number of amides is 2. The van der Waals surface area contributed by atoms with Gasteiger partial charge in [-0.15, -0.1) is 0 Å². The number of urea groups is 1. The summed E-state index contributed by atoms with van der Waals surface area (Å²) in [5.74, 6) is 0.892. The van der Waals surface area contributed by atoms with Gasteiger partial charge in [-0.25, -0.2) is 9.78 Å². The molecule has 94 valence electrons. The van der Waals surface area contributed by atoms with Crippen LogP contribution in [0.4, 0.5) is 4.79 Å². The second-order valence-corrected chi connectivity index (χ2v) is 4.17. The molecule has 0 spiro atoms. The Morgan fingerprint density at radius 3 is 2.88 bits per heavy atom. The van der Waals surface area contributed by atoms with E-state index in [4.69, 9.17) is 0 Å². The number of hydrogen-bond acceptors (Lipinski definition) is 4. The fourth-order valence-corrected chi connectivity index (χ4v) is 1.77. The molecule has 1 aliphatic heterocycles. The number of aromatic amines is 1. The number of likely N-dealkylation sites (tertiary alicyclic amines) is 1. The van der Waals surface area contributed by atoms with E-state index in [1.54, 1.807) is 11.8 Å². The zero-order valence-electron chi connectivity index (χ0n) is 9.81. The monoisotopic (exact) mass is 239 g/mol. The second-order valence-electron chi connectivity index (χ2n) is 4.17. The molecule has 1 aromatic rings. The lowest BCUT2D eigenvalue weighted by atomic mass is 10.4. The minimum atomic E-state index is -0.700. The Morgan fingerprint density at radius 2 is 2.29 bits per heavy atom. The number of aliphatic hydroxyl groups is 1. The summed E-state index contributed by atoms with van der Waals surface area (Å²) in [6.07, 6.45) is 1.44. The summed E-state index contributed by atoms with van der Waals surface area (Å²) >= 11 is 0. The summed E-state index contributed by atoms with van der Waals surface area (Å²) in [7, 11) is 0. The van der Waals surface area contributed by atoms with Crippen molar-refractivity contribution >= 4 is 6.03 Å². The van der Waals surface area contributed by atoms with Crippen molar-refractivity contribution < 1.29 is 9.90 Å². The highest BCUT2D eigenvalue weighted by Gasteiger charge is 2.17. The summed E-state index contributed by atoms with van der Waals surface area (Å²) in [6, 6.07) is -0.0718. The van der Waals surface area contributed by atoms with Crippen LogP contribution in [-0.4, -0.2) is 44.3 Å². The molecule has 1 aromatic heterocycles. The van der Waals surface area contributed by atoms with Crippen LogP contribution in [0.2, 0.25) is 0 Å². The van der Waals surface area contributed by atoms with Crippen molar-refractivity contribution in [3.05, 3.63) is 11.6 Å². The predicted octanol–water partition coefficient (Wildman–Crippen LogP) is 0.163. The molecule has 1 fully saturated rings. The molecular weight excluding hydrogens is 222 g/mol. The average molecular weight is 239 g/mol. The van der Waals surface area contributed by atoms with E-state index in [1.807, 2.05) is 0 Å². The van der Waals surface area contributed by atoms with Crippen molar-refractivity contribution in [2.24, 2.45) is 0 Å². The Hall–Kier alpha value is -1.63. The van der Waals surface area contributed by atoms with Gasteiger partial charge >= 0.3 is 6.03 Å². The van der Waals surface area contributed by atoms with Gasteiger partial charge in [0.15, 0.2) is 5.82 Å². The van der Waals surface area contributed by atoms with Gasteiger partial charge in [0.25, 0.3) is 0 Å². The molecule has 2 heterocycles. The third kappa shape index (κ3) is 2.94. The van der Waals surface area contributed by atoms with E-state index in [-0.39, 0.29) is 6.03 Å². The van der Waals surface area contributed by atoms with Gasteiger partial charge in [0, 0.05) is 13.1 Å². The molecule has 0 radical (unpaired) electrons. The van der Waals surface area contributed by atoms with Crippen molar-refractivity contribution in [3.8, 4) is 0 Å². The maximum Gasteiger partial charge on any atom is 0.317 e. The Bertz CT molecular complexity index is 384. The van der Waals surface area contributed by atoms with Crippen LogP contribution in [-0.2, 0) is 6.54 Å². The van der Waals surface area contributed by atoms with E-state index in [0.29, 0.717) is 18.2 Å². The number of aromatic nitrogens is 3. The van der Waals surface area contributed by atoms with E-state index in [9.17, 15) is 9.90 Å². The largest absolute Gasteiger partial charge is 0.385 e. The normalized spacial score (nSPS) is 17.2. The summed E-state index contributed by atoms with van der Waals surface area (Å²) in [5.41, 5.74) is 0. The zero-order chi connectivity index (χ0) is 12.3. The standard InChI is InChI=1S/C10H17N5O2/c1-7(16)9-12-8(13-14-9)6-11-10(17)15-4-2-3-5-15/h7,16H,2-6H2,1H3,(H,11,17)(H,12,13,14)/t7-/m1/s1. The van der Waals surface area contributed by atoms with Crippen LogP contribution >= 0.6 is 0 Å². The summed E-state index contributed by atoms with van der Waals surface area (Å²) in [4.78, 5) is 17.5. The molecule has 1 aliphatic rings. The molecule has 17 heavy (non-hydrogen) atoms. The highest BCUT2D eigenvalue weighted by atomic mass is 16.3. The fraction of sp³-hybridized carbons (Fsp3) is 0.700. The van der Waals surface area contributed by atoms with Crippen LogP contribution in [0.25, 0.3) is 0 Å². The second kappa shape index (κ2) is 5.13. The fourth-order valence-electron chi connectivity index (χ4n) is 1.77. The van der Waals surface area contributed by atoms with Crippen molar-refractivity contribution in [2.45, 2.75) is 32.4 Å². The van der Waals surface area contributed by atoms with Gasteiger partial charge in [0.05, 0.1) is 6.54 Å². The Morgan fingerprint density at radius 1 is 1.59 bits per heavy atom. The number of carbonyl (C=O) groups excluding carboxylic acids is 1. The molecule has 1 atom stereocenters. The quantitative estimate of drug-likeness (QED) is 0.700. The lowest BCUT2D eigenvalue weighted by Crippen LogP contribution is -2.37. The van der Waals surface area contributed by atoms with Gasteiger partial charge in [-0.2, -0.15) is 5.10 Å². The highest BCUT2D eigenvalue weighted by molar-refractivity contribution is 5.74. The maximum absolute atomic E-state index is 11.7. The van der Waals surface area contributed by atoms with E-state index in [0.717, 1.165) is 25.9 Å². The lowest BCUT2D eigenvalue weighted by molar-refractivity contribution is 0.189. The van der Waals surface area contributed by atoms with Gasteiger partial charge in [-0.05, 0) is 19.8 Å². The van der Waals surface area contributed by atoms with Gasteiger partial charge in [0.1, 0.15) is 11.9 Å². The topological polar surface area (TPSA) is 94.1 Å². The molecule has 2 rings (SSSR count). The van der Waals surface area contributed by atoms with Crippen LogP contribution in [0.1, 0.15) is 37.5 Å². The van der Waals surface area contributed by atoms with Crippen molar-refractivity contribution in [1.82, 2.24) is 25.4 Å². The van der Waals surface area contributed by atoms with E-state index in [1.165, 1.54) is 0 Å². The molecule has 2 amide bonds. The number of carbonyl (C=O) groups is 1. The first-order valence-electron chi connectivity index (χ1n) is 5.79. The van der Waals surface area contributed by atoms with E-state index < -0.39 is 6.10 Å². The first-order valence-corrected chi connectivity index (χ1v) is 5.79. The number of rotatable bonds is 3. The number of nitrogens with zero attached hydrogens (tertiary/aromatic N) is 3. The van der Waals surface area contributed by atoms with Crippen LogP contribution in [0.15, 0.2) is 0 Å². The molecule has 0 saturated carbocycles. The molecule has 3 N–H and O–H groups in total. The van der Waals surface area contributed by atoms with Crippen molar-refractivity contribution in [2.75, 3.05) is 13.1 Å². The minimum Gasteiger partial charge on any atom is -0.385 e. The van der Waals surface area contributed by atoms with Gasteiger partial charge in [-0.3, -0.25) is 5.10 Å². The third-order valence-corrected chi connectivity index (χ3v) is 2.72. The molecule has 7 heteroatoms. The highest BCUT2D eigenvalue weighted by Crippen LogP contribution is 2.07. The lowest BCUT2D eigenvalue weighted by Gasteiger charge is -2.15. The molecule has 0 bridgehead atoms. The summed E-state index contributed by atoms with van der Waals surface area (Å²) < 4.78 is 0. The molecule has 0 aliphatic carbocycles. The maximum atomic E-state index is 11.7. The van der Waals surface area contributed by atoms with Gasteiger partial charge < -0.3 is 15.3 Å². The first-order chi connectivity index (χ1) is 8.16. The number of aliphatic hydroxyl groups excluding tert-OH is 1. The number of hydrogen-bond donors (Lipinski definition) is 3. The Kier molecular flexibility index (Phi) is 3.58. The Labute approximate surface area is 99.2 Å². The summed E-state index contributed by atoms with van der Waals surface area (Å²) in [5, 5.41) is 18.5. The molecule has 7 nitrogen and oxygen atoms in total. The van der Waals surface area contributed by atoms with Crippen LogP contribution in [0, 0.1) is 0 Å². The third-order valence-electron chi connectivity index (χ3n) is 2.72. The average Bonchev–Trinajstić information content (AvgIpc) is 2.97.